The predicted octanol–water partition coefficient (Wildman–Crippen LogP) is 4.05. The van der Waals surface area contributed by atoms with Crippen LogP contribution in [0.4, 0.5) is 10.9 Å². The van der Waals surface area contributed by atoms with Gasteiger partial charge in [-0.15, -0.1) is 11.3 Å². The topological polar surface area (TPSA) is 98.8 Å². The molecule has 3 N–H and O–H groups in total. The van der Waals surface area contributed by atoms with Crippen LogP contribution in [-0.2, 0) is 0 Å². The van der Waals surface area contributed by atoms with Crippen LogP contribution >= 0.6 is 22.9 Å². The van der Waals surface area contributed by atoms with Gasteiger partial charge in [-0.3, -0.25) is 5.43 Å². The van der Waals surface area contributed by atoms with Gasteiger partial charge < -0.3 is 15.2 Å². The van der Waals surface area contributed by atoms with Gasteiger partial charge in [0.15, 0.2) is 11.5 Å². The van der Waals surface area contributed by atoms with Crippen molar-refractivity contribution in [1.29, 1.82) is 0 Å². The van der Waals surface area contributed by atoms with E-state index in [-0.39, 0.29) is 10.8 Å². The van der Waals surface area contributed by atoms with E-state index in [1.165, 1.54) is 24.7 Å². The van der Waals surface area contributed by atoms with Gasteiger partial charge in [-0.25, -0.2) is 9.78 Å². The van der Waals surface area contributed by atoms with Crippen LogP contribution in [0.15, 0.2) is 52.9 Å². The number of ether oxygens (including phenoxy) is 2. The van der Waals surface area contributed by atoms with Crippen molar-refractivity contribution in [3.05, 3.63) is 64.0 Å². The van der Waals surface area contributed by atoms with Gasteiger partial charge in [0.2, 0.25) is 5.13 Å². The summed E-state index contributed by atoms with van der Waals surface area (Å²) >= 11 is 7.61. The molecule has 0 unspecified atom stereocenters. The molecule has 0 atom stereocenters. The largest absolute Gasteiger partial charge is 0.493 e. The van der Waals surface area contributed by atoms with Crippen LogP contribution in [0.5, 0.6) is 11.5 Å². The zero-order valence-electron chi connectivity index (χ0n) is 14.2. The maximum Gasteiger partial charge on any atom is 0.343 e. The molecule has 9 heteroatoms. The second-order valence-corrected chi connectivity index (χ2v) is 6.50. The molecule has 1 heterocycles. The van der Waals surface area contributed by atoms with Gasteiger partial charge in [0.1, 0.15) is 5.82 Å². The molecule has 1 aromatic heterocycles. The normalized spacial score (nSPS) is 10.7. The number of anilines is 2. The molecule has 0 aliphatic carbocycles. The Morgan fingerprint density at radius 1 is 1.33 bits per heavy atom. The highest BCUT2D eigenvalue weighted by atomic mass is 35.5. The number of hydrogen-bond acceptors (Lipinski definition) is 8. The molecule has 0 radical (unpaired) electrons. The highest BCUT2D eigenvalue weighted by molar-refractivity contribution is 7.14. The summed E-state index contributed by atoms with van der Waals surface area (Å²) in [4.78, 5) is 16.3. The van der Waals surface area contributed by atoms with Crippen molar-refractivity contribution >= 4 is 46.1 Å². The first kappa shape index (κ1) is 18.7. The van der Waals surface area contributed by atoms with E-state index in [0.29, 0.717) is 27.8 Å². The number of halogens is 1. The van der Waals surface area contributed by atoms with Crippen molar-refractivity contribution in [3.8, 4) is 11.5 Å². The first-order valence-electron chi connectivity index (χ1n) is 7.71. The van der Waals surface area contributed by atoms with Crippen LogP contribution in [0.2, 0.25) is 5.02 Å². The summed E-state index contributed by atoms with van der Waals surface area (Å²) in [6.45, 7) is 0. The second kappa shape index (κ2) is 8.52. The molecular weight excluding hydrogens is 388 g/mol. The Balaban J connectivity index is 1.77. The Bertz CT molecular complexity index is 976. The lowest BCUT2D eigenvalue weighted by molar-refractivity contribution is 0.0730. The van der Waals surface area contributed by atoms with E-state index >= 15 is 0 Å². The van der Waals surface area contributed by atoms with Crippen molar-refractivity contribution in [2.24, 2.45) is 5.10 Å². The summed E-state index contributed by atoms with van der Waals surface area (Å²) in [7, 11) is 1.46. The second-order valence-electron chi connectivity index (χ2n) is 5.24. The predicted molar refractivity (Wildman–Crippen MR) is 107 cm³/mol. The molecule has 0 saturated carbocycles. The average Bonchev–Trinajstić information content (AvgIpc) is 3.09. The number of rotatable bonds is 6. The molecule has 0 aliphatic rings. The third-order valence-corrected chi connectivity index (χ3v) is 4.40. The fraction of sp³-hybridized carbons (Fsp3) is 0.0556. The molecule has 0 bridgehead atoms. The van der Waals surface area contributed by atoms with Crippen molar-refractivity contribution in [2.75, 3.05) is 18.3 Å². The lowest BCUT2D eigenvalue weighted by Crippen LogP contribution is -2.09. The van der Waals surface area contributed by atoms with Crippen molar-refractivity contribution in [2.45, 2.75) is 0 Å². The number of carbonyl (C=O) groups excluding carboxylic acids is 1. The molecule has 0 amide bonds. The van der Waals surface area contributed by atoms with Gasteiger partial charge >= 0.3 is 5.97 Å². The van der Waals surface area contributed by atoms with Gasteiger partial charge in [0.25, 0.3) is 0 Å². The first-order chi connectivity index (χ1) is 13.1. The van der Waals surface area contributed by atoms with Gasteiger partial charge in [-0.05, 0) is 29.8 Å². The Hall–Kier alpha value is -3.10. The van der Waals surface area contributed by atoms with E-state index < -0.39 is 5.97 Å². The summed E-state index contributed by atoms with van der Waals surface area (Å²) in [6.07, 6.45) is 1.54. The summed E-state index contributed by atoms with van der Waals surface area (Å²) in [5.74, 6) is 0.352. The summed E-state index contributed by atoms with van der Waals surface area (Å²) in [6, 6.07) is 11.9. The average molecular weight is 403 g/mol. The molecule has 3 rings (SSSR count). The van der Waals surface area contributed by atoms with E-state index in [2.05, 4.69) is 15.5 Å². The molecular formula is C18H15ClN4O3S. The summed E-state index contributed by atoms with van der Waals surface area (Å²) < 4.78 is 10.7. The Morgan fingerprint density at radius 2 is 2.11 bits per heavy atom. The van der Waals surface area contributed by atoms with E-state index in [0.717, 1.165) is 0 Å². The number of nitrogens with zero attached hydrogens (tertiary/aromatic N) is 2. The van der Waals surface area contributed by atoms with Gasteiger partial charge in [0.05, 0.1) is 23.9 Å². The number of nitrogens with two attached hydrogens (primary N) is 1. The fourth-order valence-electron chi connectivity index (χ4n) is 2.14. The fourth-order valence-corrected chi connectivity index (χ4v) is 2.95. The van der Waals surface area contributed by atoms with Crippen LogP contribution in [0.3, 0.4) is 0 Å². The SMILES string of the molecule is COc1cc(C=NNc2nc(N)cs2)cc(Cl)c1OC(=O)c1ccccc1. The van der Waals surface area contributed by atoms with Gasteiger partial charge in [-0.2, -0.15) is 5.10 Å². The molecule has 0 fully saturated rings. The number of methoxy groups -OCH3 is 1. The van der Waals surface area contributed by atoms with Crippen LogP contribution in [0.1, 0.15) is 15.9 Å². The number of esters is 1. The lowest BCUT2D eigenvalue weighted by Gasteiger charge is -2.12. The third-order valence-electron chi connectivity index (χ3n) is 3.35. The number of hydrazone groups is 1. The minimum atomic E-state index is -0.528. The van der Waals surface area contributed by atoms with E-state index in [1.54, 1.807) is 41.8 Å². The molecule has 27 heavy (non-hydrogen) atoms. The van der Waals surface area contributed by atoms with Crippen LogP contribution in [0, 0.1) is 0 Å². The van der Waals surface area contributed by atoms with Gasteiger partial charge in [0, 0.05) is 5.38 Å². The number of nitrogens with one attached hydrogen (secondary N) is 1. The Morgan fingerprint density at radius 3 is 2.78 bits per heavy atom. The molecule has 0 saturated heterocycles. The maximum absolute atomic E-state index is 12.3. The standard InChI is InChI=1S/C18H15ClN4O3S/c1-25-14-8-11(9-21-23-18-22-15(20)10-27-18)7-13(19)16(14)26-17(24)12-5-3-2-4-6-12/h2-10H,20H2,1H3,(H,22,23). The summed E-state index contributed by atoms with van der Waals surface area (Å²) in [5.41, 5.74) is 9.37. The summed E-state index contributed by atoms with van der Waals surface area (Å²) in [5, 5.41) is 6.56. The zero-order valence-corrected chi connectivity index (χ0v) is 15.8. The minimum absolute atomic E-state index is 0.144. The molecule has 3 aromatic rings. The quantitative estimate of drug-likeness (QED) is 0.279. The van der Waals surface area contributed by atoms with Crippen LogP contribution in [0.25, 0.3) is 0 Å². The van der Waals surface area contributed by atoms with Gasteiger partial charge in [-0.1, -0.05) is 29.8 Å². The number of thiazole rings is 1. The number of carbonyl (C=O) groups is 1. The number of hydrogen-bond donors (Lipinski definition) is 2. The Kier molecular flexibility index (Phi) is 5.90. The first-order valence-corrected chi connectivity index (χ1v) is 8.97. The zero-order chi connectivity index (χ0) is 19.2. The number of benzene rings is 2. The van der Waals surface area contributed by atoms with Crippen LogP contribution in [-0.4, -0.2) is 24.3 Å². The van der Waals surface area contributed by atoms with E-state index in [9.17, 15) is 4.79 Å². The number of nitrogen functional groups attached to an aromatic ring is 1. The van der Waals surface area contributed by atoms with Crippen molar-refractivity contribution in [3.63, 3.8) is 0 Å². The Labute approximate surface area is 164 Å². The highest BCUT2D eigenvalue weighted by Gasteiger charge is 2.16. The lowest BCUT2D eigenvalue weighted by atomic mass is 10.2. The number of aromatic nitrogens is 1. The minimum Gasteiger partial charge on any atom is -0.493 e. The van der Waals surface area contributed by atoms with E-state index in [4.69, 9.17) is 26.8 Å². The van der Waals surface area contributed by atoms with E-state index in [1.807, 2.05) is 6.07 Å². The smallest absolute Gasteiger partial charge is 0.343 e. The molecule has 0 aliphatic heterocycles. The molecule has 138 valence electrons. The molecule has 0 spiro atoms. The molecule has 2 aromatic carbocycles. The monoisotopic (exact) mass is 402 g/mol. The maximum atomic E-state index is 12.3. The van der Waals surface area contributed by atoms with Crippen molar-refractivity contribution < 1.29 is 14.3 Å². The van der Waals surface area contributed by atoms with Crippen LogP contribution < -0.4 is 20.6 Å². The molecule has 7 nitrogen and oxygen atoms in total. The van der Waals surface area contributed by atoms with Crippen molar-refractivity contribution in [1.82, 2.24) is 4.98 Å². The third kappa shape index (κ3) is 4.75. The highest BCUT2D eigenvalue weighted by Crippen LogP contribution is 2.36.